The predicted molar refractivity (Wildman–Crippen MR) is 89.4 cm³/mol. The summed E-state index contributed by atoms with van der Waals surface area (Å²) in [7, 11) is 0. The van der Waals surface area contributed by atoms with Gasteiger partial charge >= 0.3 is 0 Å². The van der Waals surface area contributed by atoms with Crippen molar-refractivity contribution in [2.75, 3.05) is 0 Å². The van der Waals surface area contributed by atoms with Crippen molar-refractivity contribution in [3.8, 4) is 0 Å². The zero-order chi connectivity index (χ0) is 15.5. The van der Waals surface area contributed by atoms with E-state index < -0.39 is 0 Å². The van der Waals surface area contributed by atoms with Crippen molar-refractivity contribution in [1.82, 2.24) is 5.32 Å². The fourth-order valence-electron chi connectivity index (χ4n) is 3.40. The molecular formula is C19H31NO. The van der Waals surface area contributed by atoms with Crippen LogP contribution in [0.15, 0.2) is 30.3 Å². The zero-order valence-electron chi connectivity index (χ0n) is 14.2. The summed E-state index contributed by atoms with van der Waals surface area (Å²) in [5.74, 6) is 0. The van der Waals surface area contributed by atoms with Crippen LogP contribution in [-0.2, 0) is 4.74 Å². The third-order valence-corrected chi connectivity index (χ3v) is 4.15. The van der Waals surface area contributed by atoms with Gasteiger partial charge in [-0.15, -0.1) is 0 Å². The van der Waals surface area contributed by atoms with Crippen molar-refractivity contribution in [1.29, 1.82) is 0 Å². The lowest BCUT2D eigenvalue weighted by atomic mass is 9.84. The molecule has 2 rings (SSSR count). The maximum absolute atomic E-state index is 5.86. The lowest BCUT2D eigenvalue weighted by Crippen LogP contribution is -2.43. The summed E-state index contributed by atoms with van der Waals surface area (Å²) in [6, 6.07) is 11.8. The molecule has 1 aliphatic rings. The average molecular weight is 289 g/mol. The van der Waals surface area contributed by atoms with Gasteiger partial charge in [-0.05, 0) is 44.1 Å². The summed E-state index contributed by atoms with van der Waals surface area (Å²) in [5.41, 5.74) is 1.72. The molecule has 0 aliphatic carbocycles. The van der Waals surface area contributed by atoms with E-state index in [1.165, 1.54) is 5.56 Å². The predicted octanol–water partition coefficient (Wildman–Crippen LogP) is 4.71. The van der Waals surface area contributed by atoms with Crippen LogP contribution in [-0.4, -0.2) is 18.2 Å². The first-order valence-electron chi connectivity index (χ1n) is 8.30. The highest BCUT2D eigenvalue weighted by molar-refractivity contribution is 5.19. The van der Waals surface area contributed by atoms with Crippen molar-refractivity contribution in [3.63, 3.8) is 0 Å². The molecule has 0 radical (unpaired) electrons. The van der Waals surface area contributed by atoms with E-state index in [9.17, 15) is 0 Å². The zero-order valence-corrected chi connectivity index (χ0v) is 14.2. The molecular weight excluding hydrogens is 258 g/mol. The molecule has 0 aromatic heterocycles. The Hall–Kier alpha value is -0.860. The van der Waals surface area contributed by atoms with Crippen LogP contribution in [0.25, 0.3) is 0 Å². The van der Waals surface area contributed by atoms with Gasteiger partial charge in [-0.2, -0.15) is 0 Å². The van der Waals surface area contributed by atoms with Crippen molar-refractivity contribution in [2.24, 2.45) is 5.41 Å². The molecule has 0 spiro atoms. The van der Waals surface area contributed by atoms with Crippen LogP contribution < -0.4 is 5.32 Å². The van der Waals surface area contributed by atoms with E-state index in [2.05, 4.69) is 70.3 Å². The Labute approximate surface area is 130 Å². The summed E-state index contributed by atoms with van der Waals surface area (Å²) >= 11 is 0. The highest BCUT2D eigenvalue weighted by Crippen LogP contribution is 2.31. The summed E-state index contributed by atoms with van der Waals surface area (Å²) < 4.78 is 5.86. The maximum atomic E-state index is 5.86. The maximum Gasteiger partial charge on any atom is 0.0565 e. The highest BCUT2D eigenvalue weighted by atomic mass is 16.5. The minimum atomic E-state index is 0.315. The molecule has 1 fully saturated rings. The van der Waals surface area contributed by atoms with Crippen molar-refractivity contribution in [2.45, 2.75) is 78.2 Å². The molecule has 0 saturated carbocycles. The third-order valence-electron chi connectivity index (χ3n) is 4.15. The van der Waals surface area contributed by atoms with Crippen LogP contribution in [0.4, 0.5) is 0 Å². The first kappa shape index (κ1) is 16.5. The van der Waals surface area contributed by atoms with E-state index in [0.29, 0.717) is 29.7 Å². The molecule has 1 aromatic carbocycles. The minimum Gasteiger partial charge on any atom is -0.375 e. The Morgan fingerprint density at radius 1 is 1.10 bits per heavy atom. The topological polar surface area (TPSA) is 21.3 Å². The van der Waals surface area contributed by atoms with Crippen LogP contribution in [0.3, 0.4) is 0 Å². The molecule has 1 N–H and O–H groups in total. The molecule has 118 valence electrons. The Morgan fingerprint density at radius 2 is 1.67 bits per heavy atom. The Kier molecular flexibility index (Phi) is 5.45. The van der Waals surface area contributed by atoms with Crippen LogP contribution in [0.1, 0.15) is 65.5 Å². The van der Waals surface area contributed by atoms with Crippen molar-refractivity contribution >= 4 is 0 Å². The first-order valence-corrected chi connectivity index (χ1v) is 8.30. The molecule has 2 nitrogen and oxygen atoms in total. The molecule has 3 unspecified atom stereocenters. The van der Waals surface area contributed by atoms with Gasteiger partial charge in [0.2, 0.25) is 0 Å². The Bertz CT molecular complexity index is 413. The molecule has 3 atom stereocenters. The van der Waals surface area contributed by atoms with Crippen LogP contribution >= 0.6 is 0 Å². The van der Waals surface area contributed by atoms with Gasteiger partial charge in [0.15, 0.2) is 0 Å². The van der Waals surface area contributed by atoms with Gasteiger partial charge < -0.3 is 10.1 Å². The van der Waals surface area contributed by atoms with E-state index >= 15 is 0 Å². The molecule has 1 aromatic rings. The number of benzene rings is 1. The van der Waals surface area contributed by atoms with Crippen LogP contribution in [0.5, 0.6) is 0 Å². The first-order chi connectivity index (χ1) is 9.83. The van der Waals surface area contributed by atoms with E-state index in [1.807, 2.05) is 0 Å². The summed E-state index contributed by atoms with van der Waals surface area (Å²) in [6.45, 7) is 11.3. The molecule has 21 heavy (non-hydrogen) atoms. The molecule has 0 amide bonds. The summed E-state index contributed by atoms with van der Waals surface area (Å²) in [5, 5.41) is 3.91. The second-order valence-electron chi connectivity index (χ2n) is 7.82. The third kappa shape index (κ3) is 5.44. The van der Waals surface area contributed by atoms with Gasteiger partial charge in [-0.3, -0.25) is 0 Å². The van der Waals surface area contributed by atoms with Gasteiger partial charge in [-0.1, -0.05) is 51.1 Å². The van der Waals surface area contributed by atoms with E-state index in [4.69, 9.17) is 4.74 Å². The van der Waals surface area contributed by atoms with E-state index in [0.717, 1.165) is 19.3 Å². The number of ether oxygens (including phenoxy) is 1. The molecule has 1 heterocycles. The van der Waals surface area contributed by atoms with Gasteiger partial charge in [0.05, 0.1) is 12.2 Å². The van der Waals surface area contributed by atoms with Gasteiger partial charge in [0, 0.05) is 12.1 Å². The molecule has 2 heteroatoms. The standard InChI is InChI=1S/C19H31NO/c1-14-11-17(12-15(2)21-14)20-18(13-19(3,4)5)16-9-7-6-8-10-16/h6-10,14-15,17-18,20H,11-13H2,1-5H3. The molecule has 0 bridgehead atoms. The fraction of sp³-hybridized carbons (Fsp3) is 0.684. The van der Waals surface area contributed by atoms with Gasteiger partial charge in [0.25, 0.3) is 0 Å². The Balaban J connectivity index is 2.09. The minimum absolute atomic E-state index is 0.315. The normalized spacial score (nSPS) is 28.3. The largest absolute Gasteiger partial charge is 0.375 e. The van der Waals surface area contributed by atoms with Crippen LogP contribution in [0, 0.1) is 5.41 Å². The summed E-state index contributed by atoms with van der Waals surface area (Å²) in [4.78, 5) is 0. The van der Waals surface area contributed by atoms with Gasteiger partial charge in [-0.25, -0.2) is 0 Å². The number of hydrogen-bond acceptors (Lipinski definition) is 2. The van der Waals surface area contributed by atoms with E-state index in [-0.39, 0.29) is 0 Å². The summed E-state index contributed by atoms with van der Waals surface area (Å²) in [6.07, 6.45) is 4.09. The smallest absolute Gasteiger partial charge is 0.0565 e. The van der Waals surface area contributed by atoms with Crippen molar-refractivity contribution < 1.29 is 4.74 Å². The Morgan fingerprint density at radius 3 is 2.19 bits per heavy atom. The monoisotopic (exact) mass is 289 g/mol. The lowest BCUT2D eigenvalue weighted by Gasteiger charge is -2.37. The van der Waals surface area contributed by atoms with Crippen LogP contribution in [0.2, 0.25) is 0 Å². The molecule has 1 aliphatic heterocycles. The van der Waals surface area contributed by atoms with Crippen molar-refractivity contribution in [3.05, 3.63) is 35.9 Å². The van der Waals surface area contributed by atoms with Gasteiger partial charge in [0.1, 0.15) is 0 Å². The lowest BCUT2D eigenvalue weighted by molar-refractivity contribution is -0.0442. The SMILES string of the molecule is CC1CC(NC(CC(C)(C)C)c2ccccc2)CC(C)O1. The molecule has 1 saturated heterocycles. The van der Waals surface area contributed by atoms with E-state index in [1.54, 1.807) is 0 Å². The number of rotatable bonds is 4. The number of nitrogens with one attached hydrogen (secondary N) is 1. The quantitative estimate of drug-likeness (QED) is 0.866. The fourth-order valence-corrected chi connectivity index (χ4v) is 3.40. The second kappa shape index (κ2) is 6.93. The highest BCUT2D eigenvalue weighted by Gasteiger charge is 2.28. The number of hydrogen-bond donors (Lipinski definition) is 1. The average Bonchev–Trinajstić information content (AvgIpc) is 2.36. The second-order valence-corrected chi connectivity index (χ2v) is 7.82.